The Kier molecular flexibility index (Phi) is 4.67. The molecular formula is C21H20FN3OS. The summed E-state index contributed by atoms with van der Waals surface area (Å²) in [4.78, 5) is 8.95. The van der Waals surface area contributed by atoms with Crippen LogP contribution in [0.25, 0.3) is 11.1 Å². The number of aromatic nitrogens is 1. The second kappa shape index (κ2) is 6.99. The quantitative estimate of drug-likeness (QED) is 0.808. The summed E-state index contributed by atoms with van der Waals surface area (Å²) in [6.07, 6.45) is 3.48. The molecule has 2 aliphatic rings. The molecule has 6 heteroatoms. The van der Waals surface area contributed by atoms with Crippen LogP contribution >= 0.6 is 11.8 Å². The Morgan fingerprint density at radius 2 is 2.15 bits per heavy atom. The lowest BCUT2D eigenvalue weighted by molar-refractivity contribution is 0.107. The minimum atomic E-state index is -0.775. The van der Waals surface area contributed by atoms with Crippen LogP contribution in [0.2, 0.25) is 0 Å². The van der Waals surface area contributed by atoms with E-state index in [1.165, 1.54) is 17.8 Å². The molecule has 0 saturated carbocycles. The predicted molar refractivity (Wildman–Crippen MR) is 107 cm³/mol. The van der Waals surface area contributed by atoms with Crippen LogP contribution in [0.4, 0.5) is 4.39 Å². The van der Waals surface area contributed by atoms with E-state index in [1.807, 2.05) is 19.1 Å². The lowest BCUT2D eigenvalue weighted by atomic mass is 9.78. The zero-order valence-corrected chi connectivity index (χ0v) is 16.0. The topological polar surface area (TPSA) is 60.5 Å². The van der Waals surface area contributed by atoms with Crippen molar-refractivity contribution in [3.05, 3.63) is 53.6 Å². The number of ether oxygens (including phenoxy) is 1. The van der Waals surface area contributed by atoms with Crippen molar-refractivity contribution in [3.63, 3.8) is 0 Å². The van der Waals surface area contributed by atoms with Crippen LogP contribution < -0.4 is 5.73 Å². The van der Waals surface area contributed by atoms with Crippen LogP contribution in [0.15, 0.2) is 41.7 Å². The number of thioether (sulfide) groups is 1. The Hall–Kier alpha value is -2.36. The SMILES string of the molecule is CC#Cc1cncc(-c2ccc(F)c([C@]34CO[C@H](C)[C@H]3CSC(N)=N4)c2)c1. The van der Waals surface area contributed by atoms with Crippen LogP contribution in [-0.2, 0) is 10.3 Å². The van der Waals surface area contributed by atoms with Crippen molar-refractivity contribution < 1.29 is 9.13 Å². The molecule has 2 aromatic rings. The Bertz CT molecular complexity index is 981. The van der Waals surface area contributed by atoms with Gasteiger partial charge >= 0.3 is 0 Å². The number of amidine groups is 1. The van der Waals surface area contributed by atoms with Crippen LogP contribution in [0.1, 0.15) is 25.0 Å². The zero-order valence-electron chi connectivity index (χ0n) is 15.2. The molecule has 138 valence electrons. The molecule has 2 N–H and O–H groups in total. The molecule has 4 rings (SSSR count). The molecule has 1 aromatic carbocycles. The number of nitrogens with two attached hydrogens (primary N) is 1. The third-order valence-electron chi connectivity index (χ3n) is 5.24. The monoisotopic (exact) mass is 381 g/mol. The number of halogens is 1. The molecule has 3 heterocycles. The van der Waals surface area contributed by atoms with Gasteiger partial charge in [-0.2, -0.15) is 0 Å². The maximum absolute atomic E-state index is 14.9. The summed E-state index contributed by atoms with van der Waals surface area (Å²) in [7, 11) is 0. The molecule has 27 heavy (non-hydrogen) atoms. The number of aliphatic imine (C=N–C) groups is 1. The molecule has 0 unspecified atom stereocenters. The van der Waals surface area contributed by atoms with Gasteiger partial charge in [0.2, 0.25) is 0 Å². The number of hydrogen-bond acceptors (Lipinski definition) is 5. The highest BCUT2D eigenvalue weighted by atomic mass is 32.2. The van der Waals surface area contributed by atoms with Crippen molar-refractivity contribution in [2.45, 2.75) is 25.5 Å². The minimum Gasteiger partial charge on any atom is -0.379 e. The van der Waals surface area contributed by atoms with Gasteiger partial charge in [0.25, 0.3) is 0 Å². The Balaban J connectivity index is 1.85. The summed E-state index contributed by atoms with van der Waals surface area (Å²) in [6.45, 7) is 4.13. The first-order chi connectivity index (χ1) is 13.0. The van der Waals surface area contributed by atoms with Crippen molar-refractivity contribution in [2.24, 2.45) is 16.6 Å². The first-order valence-electron chi connectivity index (χ1n) is 8.81. The van der Waals surface area contributed by atoms with E-state index >= 15 is 0 Å². The molecule has 1 saturated heterocycles. The Morgan fingerprint density at radius 3 is 2.96 bits per heavy atom. The van der Waals surface area contributed by atoms with Crippen LogP contribution in [0.3, 0.4) is 0 Å². The predicted octanol–water partition coefficient (Wildman–Crippen LogP) is 3.55. The standard InChI is InChI=1S/C21H20FN3OS/c1-3-4-14-7-16(10-24-9-14)15-5-6-19(22)17(8-15)21-12-26-13(2)18(21)11-27-20(23)25-21/h5-10,13,18H,11-12H2,1-2H3,(H2,23,25)/t13-,18-,21-/m1/s1. The lowest BCUT2D eigenvalue weighted by Crippen LogP contribution is -2.41. The molecule has 2 aliphatic heterocycles. The zero-order chi connectivity index (χ0) is 19.0. The van der Waals surface area contributed by atoms with E-state index in [1.54, 1.807) is 25.4 Å². The second-order valence-corrected chi connectivity index (χ2v) is 7.88. The van der Waals surface area contributed by atoms with Crippen molar-refractivity contribution in [3.8, 4) is 23.0 Å². The molecule has 4 nitrogen and oxygen atoms in total. The van der Waals surface area contributed by atoms with E-state index in [0.29, 0.717) is 17.3 Å². The average molecular weight is 381 g/mol. The summed E-state index contributed by atoms with van der Waals surface area (Å²) in [5.74, 6) is 6.44. The molecule has 0 bridgehead atoms. The van der Waals surface area contributed by atoms with E-state index in [-0.39, 0.29) is 17.8 Å². The fourth-order valence-electron chi connectivity index (χ4n) is 3.85. The van der Waals surface area contributed by atoms with Crippen molar-refractivity contribution in [1.29, 1.82) is 0 Å². The van der Waals surface area contributed by atoms with Gasteiger partial charge < -0.3 is 10.5 Å². The number of fused-ring (bicyclic) bond motifs is 1. The number of pyridine rings is 1. The third kappa shape index (κ3) is 3.11. The normalized spacial score (nSPS) is 26.7. The summed E-state index contributed by atoms with van der Waals surface area (Å²) in [5, 5.41) is 0.482. The fourth-order valence-corrected chi connectivity index (χ4v) is 4.97. The number of hydrogen-bond donors (Lipinski definition) is 1. The Labute approximate surface area is 162 Å². The van der Waals surface area contributed by atoms with Gasteiger partial charge in [-0.05, 0) is 37.6 Å². The summed E-state index contributed by atoms with van der Waals surface area (Å²) in [6, 6.07) is 7.06. The van der Waals surface area contributed by atoms with E-state index in [9.17, 15) is 4.39 Å². The van der Waals surface area contributed by atoms with Crippen molar-refractivity contribution >= 4 is 16.9 Å². The minimum absolute atomic E-state index is 0.00206. The molecule has 3 atom stereocenters. The lowest BCUT2D eigenvalue weighted by Gasteiger charge is -2.35. The molecule has 1 aromatic heterocycles. The largest absolute Gasteiger partial charge is 0.379 e. The van der Waals surface area contributed by atoms with E-state index in [4.69, 9.17) is 15.5 Å². The Morgan fingerprint density at radius 1 is 1.30 bits per heavy atom. The highest BCUT2D eigenvalue weighted by Crippen LogP contribution is 2.48. The van der Waals surface area contributed by atoms with E-state index in [0.717, 1.165) is 22.4 Å². The van der Waals surface area contributed by atoms with Crippen LogP contribution in [0.5, 0.6) is 0 Å². The van der Waals surface area contributed by atoms with Gasteiger partial charge in [-0.3, -0.25) is 4.98 Å². The van der Waals surface area contributed by atoms with E-state index < -0.39 is 5.54 Å². The highest BCUT2D eigenvalue weighted by molar-refractivity contribution is 8.13. The van der Waals surface area contributed by atoms with Gasteiger partial charge in [-0.15, -0.1) is 5.92 Å². The average Bonchev–Trinajstić information content (AvgIpc) is 2.99. The first-order valence-corrected chi connectivity index (χ1v) is 9.80. The van der Waals surface area contributed by atoms with Gasteiger partial charge in [0, 0.05) is 40.8 Å². The summed E-state index contributed by atoms with van der Waals surface area (Å²) >= 11 is 1.51. The van der Waals surface area contributed by atoms with Gasteiger partial charge in [-0.25, -0.2) is 9.38 Å². The molecule has 0 amide bonds. The smallest absolute Gasteiger partial charge is 0.154 e. The van der Waals surface area contributed by atoms with Crippen LogP contribution in [0, 0.1) is 23.6 Å². The molecule has 1 fully saturated rings. The van der Waals surface area contributed by atoms with Gasteiger partial charge in [0.05, 0.1) is 12.7 Å². The molecule has 0 spiro atoms. The van der Waals surface area contributed by atoms with Crippen molar-refractivity contribution in [2.75, 3.05) is 12.4 Å². The summed E-state index contributed by atoms with van der Waals surface area (Å²) < 4.78 is 20.8. The highest BCUT2D eigenvalue weighted by Gasteiger charge is 2.52. The maximum Gasteiger partial charge on any atom is 0.154 e. The molecular weight excluding hydrogens is 361 g/mol. The van der Waals surface area contributed by atoms with Crippen molar-refractivity contribution in [1.82, 2.24) is 4.98 Å². The number of rotatable bonds is 2. The number of nitrogens with zero attached hydrogens (tertiary/aromatic N) is 2. The van der Waals surface area contributed by atoms with E-state index in [2.05, 4.69) is 16.8 Å². The van der Waals surface area contributed by atoms with Gasteiger partial charge in [0.15, 0.2) is 5.17 Å². The first kappa shape index (κ1) is 18.0. The molecule has 0 radical (unpaired) electrons. The molecule has 0 aliphatic carbocycles. The summed E-state index contributed by atoms with van der Waals surface area (Å²) in [5.41, 5.74) is 8.36. The maximum atomic E-state index is 14.9. The third-order valence-corrected chi connectivity index (χ3v) is 6.15. The van der Waals surface area contributed by atoms with Gasteiger partial charge in [-0.1, -0.05) is 23.7 Å². The van der Waals surface area contributed by atoms with Crippen LogP contribution in [-0.4, -0.2) is 28.6 Å². The fraction of sp³-hybridized carbons (Fsp3) is 0.333. The van der Waals surface area contributed by atoms with Gasteiger partial charge in [0.1, 0.15) is 11.4 Å². The second-order valence-electron chi connectivity index (χ2n) is 6.84. The number of benzene rings is 1.